The lowest BCUT2D eigenvalue weighted by atomic mass is 10.0. The minimum atomic E-state index is -0.188. The highest BCUT2D eigenvalue weighted by molar-refractivity contribution is 7.98. The average Bonchev–Trinajstić information content (AvgIpc) is 3.35. The fourth-order valence-corrected chi connectivity index (χ4v) is 4.28. The van der Waals surface area contributed by atoms with E-state index in [2.05, 4.69) is 58.8 Å². The Labute approximate surface area is 181 Å². The second-order valence-electron chi connectivity index (χ2n) is 7.56. The minimum Gasteiger partial charge on any atom is -0.483 e. The summed E-state index contributed by atoms with van der Waals surface area (Å²) in [5, 5.41) is 9.73. The monoisotopic (exact) mass is 421 g/mol. The van der Waals surface area contributed by atoms with Gasteiger partial charge in [0.05, 0.1) is 5.69 Å². The Morgan fingerprint density at radius 1 is 1.03 bits per heavy atom. The Bertz CT molecular complexity index is 1080. The molecule has 0 saturated carbocycles. The smallest absolute Gasteiger partial charge is 0.191 e. The number of aromatic nitrogens is 5. The van der Waals surface area contributed by atoms with Gasteiger partial charge in [0.1, 0.15) is 11.4 Å². The Morgan fingerprint density at radius 2 is 1.83 bits per heavy atom. The lowest BCUT2D eigenvalue weighted by Gasteiger charge is -2.16. The first-order chi connectivity index (χ1) is 14.5. The predicted octanol–water partition coefficient (Wildman–Crippen LogP) is 5.50. The van der Waals surface area contributed by atoms with Crippen LogP contribution in [0.15, 0.2) is 60.0 Å². The molecule has 1 unspecified atom stereocenters. The molecule has 0 amide bonds. The lowest BCUT2D eigenvalue weighted by molar-refractivity contribution is 0.210. The molecule has 0 saturated heterocycles. The Morgan fingerprint density at radius 3 is 2.53 bits per heavy atom. The number of hydrogen-bond acceptors (Lipinski definition) is 5. The summed E-state index contributed by atoms with van der Waals surface area (Å²) in [7, 11) is 0. The van der Waals surface area contributed by atoms with Gasteiger partial charge in [-0.2, -0.15) is 0 Å². The molecule has 0 fully saturated rings. The molecule has 4 aromatic rings. The third-order valence-electron chi connectivity index (χ3n) is 5.05. The summed E-state index contributed by atoms with van der Waals surface area (Å²) in [5.41, 5.74) is 3.28. The highest BCUT2D eigenvalue weighted by Gasteiger charge is 2.19. The molecule has 4 rings (SSSR count). The highest BCUT2D eigenvalue weighted by Crippen LogP contribution is 2.27. The van der Waals surface area contributed by atoms with Crippen LogP contribution in [0.3, 0.4) is 0 Å². The van der Waals surface area contributed by atoms with Crippen LogP contribution in [-0.4, -0.2) is 24.1 Å². The van der Waals surface area contributed by atoms with E-state index in [-0.39, 0.29) is 6.10 Å². The summed E-state index contributed by atoms with van der Waals surface area (Å²) in [6.45, 7) is 9.28. The third kappa shape index (κ3) is 4.36. The van der Waals surface area contributed by atoms with Crippen molar-refractivity contribution < 1.29 is 4.74 Å². The van der Waals surface area contributed by atoms with E-state index in [9.17, 15) is 0 Å². The third-order valence-corrected chi connectivity index (χ3v) is 6.05. The average molecular weight is 422 g/mol. The molecule has 1 atom stereocenters. The highest BCUT2D eigenvalue weighted by atomic mass is 32.2. The van der Waals surface area contributed by atoms with E-state index in [0.29, 0.717) is 5.92 Å². The van der Waals surface area contributed by atoms with Crippen LogP contribution >= 0.6 is 11.8 Å². The van der Waals surface area contributed by atoms with Crippen molar-refractivity contribution in [1.29, 1.82) is 0 Å². The van der Waals surface area contributed by atoms with Gasteiger partial charge in [-0.1, -0.05) is 43.8 Å². The molecule has 6 nitrogen and oxygen atoms in total. The van der Waals surface area contributed by atoms with E-state index in [0.717, 1.165) is 40.4 Å². The van der Waals surface area contributed by atoms with Gasteiger partial charge in [0.2, 0.25) is 0 Å². The summed E-state index contributed by atoms with van der Waals surface area (Å²) in [6, 6.07) is 14.3. The van der Waals surface area contributed by atoms with Crippen LogP contribution < -0.4 is 4.74 Å². The maximum atomic E-state index is 6.15. The van der Waals surface area contributed by atoms with E-state index >= 15 is 0 Å². The van der Waals surface area contributed by atoms with Crippen LogP contribution in [0, 0.1) is 0 Å². The molecule has 0 aliphatic carbocycles. The molecular weight excluding hydrogens is 394 g/mol. The quantitative estimate of drug-likeness (QED) is 0.352. The van der Waals surface area contributed by atoms with Crippen molar-refractivity contribution in [2.24, 2.45) is 0 Å². The number of pyridine rings is 1. The summed E-state index contributed by atoms with van der Waals surface area (Å²) in [6.07, 6.45) is 3.88. The van der Waals surface area contributed by atoms with Crippen molar-refractivity contribution in [3.63, 3.8) is 0 Å². The zero-order valence-corrected chi connectivity index (χ0v) is 18.6. The van der Waals surface area contributed by atoms with Gasteiger partial charge in [0, 0.05) is 24.7 Å². The number of fused-ring (bicyclic) bond motifs is 1. The summed E-state index contributed by atoms with van der Waals surface area (Å²) < 4.78 is 10.3. The minimum absolute atomic E-state index is 0.188. The van der Waals surface area contributed by atoms with Crippen LogP contribution in [0.5, 0.6) is 5.75 Å². The van der Waals surface area contributed by atoms with Crippen molar-refractivity contribution in [2.45, 2.75) is 57.2 Å². The molecule has 0 radical (unpaired) electrons. The maximum Gasteiger partial charge on any atom is 0.191 e. The molecule has 30 heavy (non-hydrogen) atoms. The van der Waals surface area contributed by atoms with E-state index in [1.807, 2.05) is 47.9 Å². The predicted molar refractivity (Wildman–Crippen MR) is 120 cm³/mol. The topological polar surface area (TPSA) is 57.2 Å². The molecule has 7 heteroatoms. The molecule has 0 aliphatic heterocycles. The van der Waals surface area contributed by atoms with E-state index < -0.39 is 0 Å². The second kappa shape index (κ2) is 8.92. The van der Waals surface area contributed by atoms with Crippen LogP contribution in [0.1, 0.15) is 56.8 Å². The summed E-state index contributed by atoms with van der Waals surface area (Å²) in [5.74, 6) is 2.93. The molecule has 156 valence electrons. The van der Waals surface area contributed by atoms with Crippen molar-refractivity contribution >= 4 is 17.4 Å². The molecule has 1 aromatic carbocycles. The van der Waals surface area contributed by atoms with Crippen molar-refractivity contribution in [3.8, 4) is 5.75 Å². The molecule has 0 bridgehead atoms. The molecule has 0 spiro atoms. The van der Waals surface area contributed by atoms with E-state index in [4.69, 9.17) is 4.74 Å². The van der Waals surface area contributed by atoms with Gasteiger partial charge >= 0.3 is 0 Å². The number of imidazole rings is 1. The second-order valence-corrected chi connectivity index (χ2v) is 8.50. The zero-order chi connectivity index (χ0) is 21.1. The normalized spacial score (nSPS) is 12.6. The van der Waals surface area contributed by atoms with Gasteiger partial charge in [-0.25, -0.2) is 4.98 Å². The number of thioether (sulfide) groups is 1. The Balaban J connectivity index is 1.45. The number of hydrogen-bond donors (Lipinski definition) is 0. The van der Waals surface area contributed by atoms with Gasteiger partial charge in [-0.15, -0.1) is 10.2 Å². The van der Waals surface area contributed by atoms with Crippen molar-refractivity contribution in [3.05, 3.63) is 71.9 Å². The standard InChI is InChI=1S/C23H27N5OS/c1-5-28-22(17(4)29-20-11-9-18(10-12-20)16(2)3)25-26-23(28)30-15-19-14-27-13-7-6-8-21(27)24-19/h6-14,16-17H,5,15H2,1-4H3. The van der Waals surface area contributed by atoms with Crippen LogP contribution in [-0.2, 0) is 12.3 Å². The van der Waals surface area contributed by atoms with E-state index in [1.165, 1.54) is 5.56 Å². The van der Waals surface area contributed by atoms with E-state index in [1.54, 1.807) is 11.8 Å². The van der Waals surface area contributed by atoms with Crippen LogP contribution in [0.2, 0.25) is 0 Å². The Hall–Kier alpha value is -2.80. The van der Waals surface area contributed by atoms with Crippen molar-refractivity contribution in [1.82, 2.24) is 24.1 Å². The first-order valence-electron chi connectivity index (χ1n) is 10.3. The summed E-state index contributed by atoms with van der Waals surface area (Å²) >= 11 is 1.65. The number of nitrogens with zero attached hydrogens (tertiary/aromatic N) is 5. The van der Waals surface area contributed by atoms with Gasteiger partial charge in [-0.05, 0) is 49.6 Å². The fraction of sp³-hybridized carbons (Fsp3) is 0.348. The van der Waals surface area contributed by atoms with Gasteiger partial charge in [0.15, 0.2) is 17.1 Å². The summed E-state index contributed by atoms with van der Waals surface area (Å²) in [4.78, 5) is 4.66. The Kier molecular flexibility index (Phi) is 6.08. The maximum absolute atomic E-state index is 6.15. The molecular formula is C23H27N5OS. The molecule has 3 heterocycles. The largest absolute Gasteiger partial charge is 0.483 e. The van der Waals surface area contributed by atoms with Gasteiger partial charge < -0.3 is 13.7 Å². The molecule has 0 N–H and O–H groups in total. The number of rotatable bonds is 8. The van der Waals surface area contributed by atoms with Crippen LogP contribution in [0.4, 0.5) is 0 Å². The zero-order valence-electron chi connectivity index (χ0n) is 17.8. The molecule has 3 aromatic heterocycles. The van der Waals surface area contributed by atoms with Crippen LogP contribution in [0.25, 0.3) is 5.65 Å². The van der Waals surface area contributed by atoms with Crippen molar-refractivity contribution in [2.75, 3.05) is 0 Å². The molecule has 0 aliphatic rings. The lowest BCUT2D eigenvalue weighted by Crippen LogP contribution is -2.12. The number of ether oxygens (including phenoxy) is 1. The first kappa shape index (κ1) is 20.5. The number of benzene rings is 1. The van der Waals surface area contributed by atoms with Gasteiger partial charge in [0.25, 0.3) is 0 Å². The SMILES string of the molecule is CCn1c(SCc2cn3ccccc3n2)nnc1C(C)Oc1ccc(C(C)C)cc1. The van der Waals surface area contributed by atoms with Gasteiger partial charge in [-0.3, -0.25) is 0 Å². The first-order valence-corrected chi connectivity index (χ1v) is 11.3. The fourth-order valence-electron chi connectivity index (χ4n) is 3.39.